The molecule has 3 rings (SSSR count). The number of hydrogen-bond acceptors (Lipinski definition) is 2. The topological polar surface area (TPSA) is 43.8 Å². The van der Waals surface area contributed by atoms with Gasteiger partial charge < -0.3 is 5.73 Å². The molecule has 94 valence electrons. The molecule has 1 fully saturated rings. The average Bonchev–Trinajstić information content (AvgIpc) is 3.09. The molecule has 0 bridgehead atoms. The Kier molecular flexibility index (Phi) is 3.22. The van der Waals surface area contributed by atoms with Crippen LogP contribution in [0.3, 0.4) is 0 Å². The third kappa shape index (κ3) is 2.35. The fourth-order valence-corrected chi connectivity index (χ4v) is 2.61. The van der Waals surface area contributed by atoms with Gasteiger partial charge in [-0.05, 0) is 55.6 Å². The second-order valence-electron chi connectivity index (χ2n) is 4.77. The lowest BCUT2D eigenvalue weighted by Gasteiger charge is -2.09. The van der Waals surface area contributed by atoms with Gasteiger partial charge in [-0.15, -0.1) is 0 Å². The number of benzene rings is 1. The highest BCUT2D eigenvalue weighted by atomic mass is 79.9. The summed E-state index contributed by atoms with van der Waals surface area (Å²) in [4.78, 5) is 0. The molecule has 18 heavy (non-hydrogen) atoms. The van der Waals surface area contributed by atoms with Gasteiger partial charge in [0.2, 0.25) is 0 Å². The predicted octanol–water partition coefficient (Wildman–Crippen LogP) is 3.01. The summed E-state index contributed by atoms with van der Waals surface area (Å²) in [5.74, 6) is 0.694. The summed E-state index contributed by atoms with van der Waals surface area (Å²) in [5.41, 5.74) is 9.26. The van der Waals surface area contributed by atoms with Crippen LogP contribution in [0.1, 0.15) is 30.0 Å². The van der Waals surface area contributed by atoms with Crippen molar-refractivity contribution in [2.45, 2.75) is 25.2 Å². The number of rotatable bonds is 4. The van der Waals surface area contributed by atoms with Gasteiger partial charge in [0.15, 0.2) is 0 Å². The molecule has 0 saturated heterocycles. The maximum absolute atomic E-state index is 5.68. The van der Waals surface area contributed by atoms with Crippen molar-refractivity contribution >= 4 is 15.9 Å². The molecule has 0 aliphatic heterocycles. The van der Waals surface area contributed by atoms with Crippen molar-refractivity contribution in [3.8, 4) is 5.69 Å². The number of hydrogen-bond donors (Lipinski definition) is 1. The molecule has 1 aromatic carbocycles. The Balaban J connectivity index is 1.97. The summed E-state index contributed by atoms with van der Waals surface area (Å²) in [5, 5.41) is 4.68. The Hall–Kier alpha value is -1.13. The van der Waals surface area contributed by atoms with E-state index in [4.69, 9.17) is 5.73 Å². The van der Waals surface area contributed by atoms with Crippen molar-refractivity contribution in [2.75, 3.05) is 6.54 Å². The van der Waals surface area contributed by atoms with Crippen LogP contribution in [0.2, 0.25) is 0 Å². The largest absolute Gasteiger partial charge is 0.330 e. The predicted molar refractivity (Wildman–Crippen MR) is 76.0 cm³/mol. The minimum Gasteiger partial charge on any atom is -0.330 e. The summed E-state index contributed by atoms with van der Waals surface area (Å²) in [6.45, 7) is 0.653. The molecule has 1 aliphatic carbocycles. The fourth-order valence-electron chi connectivity index (χ4n) is 2.20. The second-order valence-corrected chi connectivity index (χ2v) is 5.69. The lowest BCUT2D eigenvalue weighted by atomic mass is 10.1. The van der Waals surface area contributed by atoms with Crippen molar-refractivity contribution in [1.29, 1.82) is 0 Å². The second kappa shape index (κ2) is 4.86. The molecule has 3 nitrogen and oxygen atoms in total. The van der Waals surface area contributed by atoms with Crippen LogP contribution in [0, 0.1) is 0 Å². The molecular formula is C14H16BrN3. The van der Waals surface area contributed by atoms with E-state index in [9.17, 15) is 0 Å². The van der Waals surface area contributed by atoms with Gasteiger partial charge >= 0.3 is 0 Å². The highest BCUT2D eigenvalue weighted by Crippen LogP contribution is 2.39. The standard InChI is InChI=1S/C14H16BrN3/c15-12-3-4-14(11(9-12)5-7-16)18-8-6-13(17-18)10-1-2-10/h3-4,6,8-10H,1-2,5,7,16H2. The van der Waals surface area contributed by atoms with Crippen molar-refractivity contribution in [3.63, 3.8) is 0 Å². The quantitative estimate of drug-likeness (QED) is 0.943. The Morgan fingerprint density at radius 2 is 2.17 bits per heavy atom. The first-order valence-electron chi connectivity index (χ1n) is 6.32. The van der Waals surface area contributed by atoms with E-state index in [1.807, 2.05) is 10.7 Å². The van der Waals surface area contributed by atoms with Crippen LogP contribution >= 0.6 is 15.9 Å². The molecule has 2 N–H and O–H groups in total. The number of nitrogens with zero attached hydrogens (tertiary/aromatic N) is 2. The highest BCUT2D eigenvalue weighted by Gasteiger charge is 2.26. The van der Waals surface area contributed by atoms with Crippen LogP contribution in [0.15, 0.2) is 34.9 Å². The third-order valence-corrected chi connectivity index (χ3v) is 3.80. The van der Waals surface area contributed by atoms with Crippen LogP contribution in [0.5, 0.6) is 0 Å². The van der Waals surface area contributed by atoms with Gasteiger partial charge in [0.05, 0.1) is 11.4 Å². The van der Waals surface area contributed by atoms with Gasteiger partial charge in [0.1, 0.15) is 0 Å². The first-order valence-corrected chi connectivity index (χ1v) is 7.11. The molecule has 1 saturated carbocycles. The summed E-state index contributed by atoms with van der Waals surface area (Å²) in [6, 6.07) is 8.40. The van der Waals surface area contributed by atoms with Gasteiger partial charge in [-0.3, -0.25) is 0 Å². The van der Waals surface area contributed by atoms with Gasteiger partial charge in [0.25, 0.3) is 0 Å². The molecule has 2 aromatic rings. The van der Waals surface area contributed by atoms with E-state index >= 15 is 0 Å². The number of halogens is 1. The maximum Gasteiger partial charge on any atom is 0.0678 e. The van der Waals surface area contributed by atoms with E-state index in [1.165, 1.54) is 24.1 Å². The van der Waals surface area contributed by atoms with Gasteiger partial charge in [0, 0.05) is 16.6 Å². The first-order chi connectivity index (χ1) is 8.78. The summed E-state index contributed by atoms with van der Waals surface area (Å²) in [7, 11) is 0. The summed E-state index contributed by atoms with van der Waals surface area (Å²) >= 11 is 3.51. The van der Waals surface area contributed by atoms with E-state index in [-0.39, 0.29) is 0 Å². The zero-order valence-electron chi connectivity index (χ0n) is 10.1. The van der Waals surface area contributed by atoms with Crippen molar-refractivity contribution in [1.82, 2.24) is 9.78 Å². The molecule has 0 spiro atoms. The normalized spacial score (nSPS) is 15.0. The van der Waals surface area contributed by atoms with Crippen LogP contribution in [0.4, 0.5) is 0 Å². The van der Waals surface area contributed by atoms with E-state index in [0.29, 0.717) is 12.5 Å². The van der Waals surface area contributed by atoms with E-state index in [2.05, 4.69) is 45.4 Å². The fraction of sp³-hybridized carbons (Fsp3) is 0.357. The Morgan fingerprint density at radius 3 is 2.89 bits per heavy atom. The van der Waals surface area contributed by atoms with E-state index in [1.54, 1.807) is 0 Å². The molecule has 0 atom stereocenters. The maximum atomic E-state index is 5.68. The smallest absolute Gasteiger partial charge is 0.0678 e. The van der Waals surface area contributed by atoms with Crippen molar-refractivity contribution < 1.29 is 0 Å². The lowest BCUT2D eigenvalue weighted by Crippen LogP contribution is -2.07. The van der Waals surface area contributed by atoms with Gasteiger partial charge in [-0.1, -0.05) is 15.9 Å². The van der Waals surface area contributed by atoms with Crippen LogP contribution < -0.4 is 5.73 Å². The van der Waals surface area contributed by atoms with Crippen LogP contribution in [-0.2, 0) is 6.42 Å². The number of nitrogens with two attached hydrogens (primary N) is 1. The van der Waals surface area contributed by atoms with Gasteiger partial charge in [-0.2, -0.15) is 5.10 Å². The van der Waals surface area contributed by atoms with Crippen LogP contribution in [-0.4, -0.2) is 16.3 Å². The number of aromatic nitrogens is 2. The zero-order chi connectivity index (χ0) is 12.5. The highest BCUT2D eigenvalue weighted by molar-refractivity contribution is 9.10. The van der Waals surface area contributed by atoms with E-state index in [0.717, 1.165) is 16.6 Å². The molecule has 0 amide bonds. The Bertz CT molecular complexity index is 558. The Morgan fingerprint density at radius 1 is 1.33 bits per heavy atom. The first kappa shape index (κ1) is 11.9. The molecule has 1 aliphatic rings. The minimum absolute atomic E-state index is 0.653. The molecule has 0 unspecified atom stereocenters. The summed E-state index contributed by atoms with van der Waals surface area (Å²) in [6.07, 6.45) is 5.49. The monoisotopic (exact) mass is 305 g/mol. The lowest BCUT2D eigenvalue weighted by molar-refractivity contribution is 0.819. The van der Waals surface area contributed by atoms with Crippen LogP contribution in [0.25, 0.3) is 5.69 Å². The molecular weight excluding hydrogens is 290 g/mol. The molecule has 1 heterocycles. The SMILES string of the molecule is NCCc1cc(Br)ccc1-n1ccc(C2CC2)n1. The van der Waals surface area contributed by atoms with Crippen molar-refractivity contribution in [2.24, 2.45) is 5.73 Å². The Labute approximate surface area is 115 Å². The third-order valence-electron chi connectivity index (χ3n) is 3.31. The van der Waals surface area contributed by atoms with Crippen molar-refractivity contribution in [3.05, 3.63) is 46.2 Å². The van der Waals surface area contributed by atoms with Gasteiger partial charge in [-0.25, -0.2) is 4.68 Å². The minimum atomic E-state index is 0.653. The zero-order valence-corrected chi connectivity index (χ0v) is 11.7. The molecule has 1 aromatic heterocycles. The average molecular weight is 306 g/mol. The van der Waals surface area contributed by atoms with E-state index < -0.39 is 0 Å². The molecule has 0 radical (unpaired) electrons. The molecule has 4 heteroatoms. The summed E-state index contributed by atoms with van der Waals surface area (Å²) < 4.78 is 3.06.